The first kappa shape index (κ1) is 12.3. The number of nitrogens with one attached hydrogen (secondary N) is 1. The van der Waals surface area contributed by atoms with Crippen LogP contribution in [0.1, 0.15) is 5.56 Å². The molecule has 0 fully saturated rings. The van der Waals surface area contributed by atoms with Gasteiger partial charge in [-0.1, -0.05) is 36.5 Å². The number of H-pyrrole nitrogens is 1. The zero-order valence-corrected chi connectivity index (χ0v) is 12.0. The summed E-state index contributed by atoms with van der Waals surface area (Å²) in [6, 6.07) is 16.1. The number of rotatable bonds is 1. The van der Waals surface area contributed by atoms with Crippen molar-refractivity contribution in [2.75, 3.05) is 0 Å². The van der Waals surface area contributed by atoms with Gasteiger partial charge in [-0.25, -0.2) is 0 Å². The van der Waals surface area contributed by atoms with Crippen LogP contribution in [-0.4, -0.2) is 9.55 Å². The largest absolute Gasteiger partial charge is 0.331 e. The molecular weight excluding hydrogens is 272 g/mol. The number of benzene rings is 2. The lowest BCUT2D eigenvalue weighted by Crippen LogP contribution is -2.02. The maximum Gasteiger partial charge on any atom is 0.183 e. The van der Waals surface area contributed by atoms with E-state index in [1.807, 2.05) is 41.0 Å². The van der Waals surface area contributed by atoms with Crippen LogP contribution in [0.15, 0.2) is 48.5 Å². The van der Waals surface area contributed by atoms with Crippen LogP contribution in [0.5, 0.6) is 0 Å². The first-order chi connectivity index (χ1) is 9.16. The van der Waals surface area contributed by atoms with Gasteiger partial charge in [-0.05, 0) is 49.0 Å². The van der Waals surface area contributed by atoms with Crippen LogP contribution < -0.4 is 0 Å². The molecular formula is C15H12N2S2. The summed E-state index contributed by atoms with van der Waals surface area (Å²) in [6.45, 7) is 2.06. The summed E-state index contributed by atoms with van der Waals surface area (Å²) >= 11 is 11.0. The molecule has 0 aliphatic heterocycles. The molecule has 1 N–H and O–H groups in total. The summed E-state index contributed by atoms with van der Waals surface area (Å²) in [5.74, 6) is 0. The minimum Gasteiger partial charge on any atom is -0.331 e. The molecule has 94 valence electrons. The molecule has 0 saturated heterocycles. The number of hydrogen-bond acceptors (Lipinski definition) is 2. The van der Waals surface area contributed by atoms with E-state index in [0.717, 1.165) is 21.2 Å². The zero-order valence-electron chi connectivity index (χ0n) is 10.4. The molecule has 19 heavy (non-hydrogen) atoms. The third kappa shape index (κ3) is 2.13. The number of aryl methyl sites for hydroxylation is 1. The SMILES string of the molecule is Cc1cccc(-n2c(=S)[nH]c3ccccc3c2=S)c1. The Kier molecular flexibility index (Phi) is 3.05. The minimum atomic E-state index is 0.620. The highest BCUT2D eigenvalue weighted by Crippen LogP contribution is 2.18. The maximum absolute atomic E-state index is 5.58. The molecule has 3 rings (SSSR count). The summed E-state index contributed by atoms with van der Waals surface area (Å²) in [4.78, 5) is 3.23. The molecule has 0 aliphatic rings. The van der Waals surface area contributed by atoms with E-state index in [9.17, 15) is 0 Å². The summed E-state index contributed by atoms with van der Waals surface area (Å²) in [6.07, 6.45) is 0. The number of hydrogen-bond donors (Lipinski definition) is 1. The molecule has 0 aliphatic carbocycles. The van der Waals surface area contributed by atoms with E-state index in [0.29, 0.717) is 4.77 Å². The van der Waals surface area contributed by atoms with Gasteiger partial charge in [0.1, 0.15) is 4.64 Å². The lowest BCUT2D eigenvalue weighted by molar-refractivity contribution is 0.964. The van der Waals surface area contributed by atoms with Crippen molar-refractivity contribution in [2.45, 2.75) is 6.92 Å². The van der Waals surface area contributed by atoms with Crippen LogP contribution in [0.25, 0.3) is 16.6 Å². The third-order valence-corrected chi connectivity index (χ3v) is 3.75. The Morgan fingerprint density at radius 2 is 1.79 bits per heavy atom. The first-order valence-corrected chi connectivity index (χ1v) is 6.79. The quantitative estimate of drug-likeness (QED) is 0.652. The van der Waals surface area contributed by atoms with Crippen molar-refractivity contribution in [2.24, 2.45) is 0 Å². The summed E-state index contributed by atoms with van der Waals surface area (Å²) < 4.78 is 3.26. The fraction of sp³-hybridized carbons (Fsp3) is 0.0667. The second-order valence-corrected chi connectivity index (χ2v) is 5.23. The standard InChI is InChI=1S/C15H12N2S2/c1-10-5-4-6-11(9-10)17-14(18)12-7-2-3-8-13(12)16-15(17)19/h2-9H,1H3,(H,16,19). The first-order valence-electron chi connectivity index (χ1n) is 5.98. The molecule has 0 spiro atoms. The smallest absolute Gasteiger partial charge is 0.183 e. The van der Waals surface area contributed by atoms with Crippen molar-refractivity contribution < 1.29 is 0 Å². The number of fused-ring (bicyclic) bond motifs is 1. The minimum absolute atomic E-state index is 0.620. The highest BCUT2D eigenvalue weighted by Gasteiger charge is 2.04. The Morgan fingerprint density at radius 3 is 2.58 bits per heavy atom. The normalized spacial score (nSPS) is 10.8. The van der Waals surface area contributed by atoms with Gasteiger partial charge in [0, 0.05) is 11.1 Å². The zero-order chi connectivity index (χ0) is 13.4. The van der Waals surface area contributed by atoms with Crippen molar-refractivity contribution in [1.29, 1.82) is 0 Å². The average molecular weight is 284 g/mol. The van der Waals surface area contributed by atoms with Crippen LogP contribution in [0.2, 0.25) is 0 Å². The van der Waals surface area contributed by atoms with Gasteiger partial charge in [0.25, 0.3) is 0 Å². The predicted molar refractivity (Wildman–Crippen MR) is 84.0 cm³/mol. The molecule has 4 heteroatoms. The lowest BCUT2D eigenvalue weighted by Gasteiger charge is -2.10. The average Bonchev–Trinajstić information content (AvgIpc) is 2.39. The van der Waals surface area contributed by atoms with E-state index in [2.05, 4.69) is 24.0 Å². The number of aromatic nitrogens is 2. The number of aromatic amines is 1. The monoisotopic (exact) mass is 284 g/mol. The van der Waals surface area contributed by atoms with Gasteiger partial charge < -0.3 is 4.98 Å². The molecule has 2 aromatic carbocycles. The van der Waals surface area contributed by atoms with E-state index in [1.165, 1.54) is 5.56 Å². The van der Waals surface area contributed by atoms with Gasteiger partial charge in [-0.2, -0.15) is 0 Å². The third-order valence-electron chi connectivity index (χ3n) is 3.07. The second-order valence-electron chi connectivity index (χ2n) is 4.46. The predicted octanol–water partition coefficient (Wildman–Crippen LogP) is 4.73. The van der Waals surface area contributed by atoms with E-state index in [4.69, 9.17) is 24.4 Å². The molecule has 0 atom stereocenters. The van der Waals surface area contributed by atoms with Crippen molar-refractivity contribution in [3.05, 3.63) is 63.5 Å². The number of nitrogens with zero attached hydrogens (tertiary/aromatic N) is 1. The van der Waals surface area contributed by atoms with Crippen LogP contribution in [0, 0.1) is 16.3 Å². The number of para-hydroxylation sites is 1. The van der Waals surface area contributed by atoms with Gasteiger partial charge in [-0.3, -0.25) is 4.57 Å². The van der Waals surface area contributed by atoms with E-state index in [-0.39, 0.29) is 0 Å². The molecule has 0 amide bonds. The molecule has 3 aromatic rings. The molecule has 0 bridgehead atoms. The van der Waals surface area contributed by atoms with E-state index < -0.39 is 0 Å². The highest BCUT2D eigenvalue weighted by atomic mass is 32.1. The van der Waals surface area contributed by atoms with Crippen molar-refractivity contribution >= 4 is 35.3 Å². The molecule has 0 radical (unpaired) electrons. The van der Waals surface area contributed by atoms with Gasteiger partial charge >= 0.3 is 0 Å². The molecule has 1 heterocycles. The molecule has 1 aromatic heterocycles. The van der Waals surface area contributed by atoms with E-state index >= 15 is 0 Å². The van der Waals surface area contributed by atoms with Gasteiger partial charge in [0.15, 0.2) is 4.77 Å². The lowest BCUT2D eigenvalue weighted by atomic mass is 10.2. The highest BCUT2D eigenvalue weighted by molar-refractivity contribution is 7.72. The Labute approximate surface area is 121 Å². The fourth-order valence-corrected chi connectivity index (χ4v) is 2.90. The topological polar surface area (TPSA) is 20.7 Å². The Bertz CT molecular complexity index is 875. The van der Waals surface area contributed by atoms with Crippen molar-refractivity contribution in [3.63, 3.8) is 0 Å². The molecule has 2 nitrogen and oxygen atoms in total. The van der Waals surface area contributed by atoms with Crippen molar-refractivity contribution in [1.82, 2.24) is 9.55 Å². The molecule has 0 unspecified atom stereocenters. The van der Waals surface area contributed by atoms with Crippen LogP contribution in [-0.2, 0) is 0 Å². The maximum atomic E-state index is 5.58. The summed E-state index contributed by atoms with van der Waals surface area (Å²) in [7, 11) is 0. The van der Waals surface area contributed by atoms with Crippen LogP contribution in [0.4, 0.5) is 0 Å². The van der Waals surface area contributed by atoms with Crippen molar-refractivity contribution in [3.8, 4) is 5.69 Å². The van der Waals surface area contributed by atoms with Crippen LogP contribution in [0.3, 0.4) is 0 Å². The second kappa shape index (κ2) is 4.72. The van der Waals surface area contributed by atoms with Gasteiger partial charge in [0.05, 0.1) is 5.52 Å². The van der Waals surface area contributed by atoms with Crippen LogP contribution >= 0.6 is 24.4 Å². The summed E-state index contributed by atoms with van der Waals surface area (Å²) in [5, 5.41) is 1.01. The van der Waals surface area contributed by atoms with E-state index in [1.54, 1.807) is 0 Å². The summed E-state index contributed by atoms with van der Waals surface area (Å²) in [5.41, 5.74) is 3.15. The Morgan fingerprint density at radius 1 is 1.00 bits per heavy atom. The molecule has 0 saturated carbocycles. The van der Waals surface area contributed by atoms with Gasteiger partial charge in [0.2, 0.25) is 0 Å². The van der Waals surface area contributed by atoms with Gasteiger partial charge in [-0.15, -0.1) is 0 Å². The Hall–Kier alpha value is -1.78. The fourth-order valence-electron chi connectivity index (χ4n) is 2.16. The Balaban J connectivity index is 2.42.